The first kappa shape index (κ1) is 85.7. The third-order valence-corrected chi connectivity index (χ3v) is 46.9. The average Bonchev–Trinajstić information content (AvgIpc) is 1.25. The van der Waals surface area contributed by atoms with Crippen LogP contribution in [0.4, 0.5) is 28.4 Å². The molecule has 6 aliphatic carbocycles. The van der Waals surface area contributed by atoms with Crippen molar-refractivity contribution in [3.8, 4) is 0 Å². The van der Waals surface area contributed by atoms with E-state index >= 15 is 0 Å². The van der Waals surface area contributed by atoms with Gasteiger partial charge in [0.25, 0.3) is 0 Å². The average molecular weight is 1850 g/mol. The van der Waals surface area contributed by atoms with E-state index in [9.17, 15) is 0 Å². The predicted octanol–water partition coefficient (Wildman–Crippen LogP) is 35.1. The molecule has 7 atom stereocenters. The van der Waals surface area contributed by atoms with Crippen LogP contribution in [0.1, 0.15) is 316 Å². The van der Waals surface area contributed by atoms with Crippen molar-refractivity contribution in [1.82, 2.24) is 4.57 Å². The first-order valence-corrected chi connectivity index (χ1v) is 55.5. The van der Waals surface area contributed by atoms with E-state index in [1.165, 1.54) is 197 Å². The molecule has 9 aromatic heterocycles. The van der Waals surface area contributed by atoms with Gasteiger partial charge in [0.05, 0.1) is 76.7 Å². The Kier molecular flexibility index (Phi) is 19.9. The van der Waals surface area contributed by atoms with E-state index in [0.717, 1.165) is 23.7 Å². The van der Waals surface area contributed by atoms with Crippen LogP contribution in [0.5, 0.6) is 0 Å². The Morgan fingerprint density at radius 2 is 0.659 bits per heavy atom. The number of hydrogen-bond acceptors (Lipinski definition) is 13. The van der Waals surface area contributed by atoms with E-state index in [0.29, 0.717) is 30.2 Å². The summed E-state index contributed by atoms with van der Waals surface area (Å²) >= 11 is 16.0. The second-order valence-electron chi connectivity index (χ2n) is 43.8. The molecule has 4 bridgehead atoms. The molecular weight excluding hydrogens is 1720 g/mol. The summed E-state index contributed by atoms with van der Waals surface area (Å²) in [6, 6.07) is 61.4. The van der Waals surface area contributed by atoms with Gasteiger partial charge in [-0.1, -0.05) is 197 Å². The molecule has 668 valence electrons. The van der Waals surface area contributed by atoms with Crippen molar-refractivity contribution in [3.05, 3.63) is 271 Å². The van der Waals surface area contributed by atoms with Crippen LogP contribution in [0.3, 0.4) is 0 Å². The highest BCUT2D eigenvalue weighted by atomic mass is 32.1. The summed E-state index contributed by atoms with van der Waals surface area (Å²) < 4.78 is 14.7. The van der Waals surface area contributed by atoms with Crippen molar-refractivity contribution in [2.75, 3.05) is 24.5 Å². The predicted molar refractivity (Wildman–Crippen MR) is 564 cm³/mol. The zero-order chi connectivity index (χ0) is 89.4. The zero-order valence-corrected chi connectivity index (χ0v) is 86.4. The number of benzene rings is 6. The number of para-hydroxylation sites is 6. The molecule has 3 spiro atoms. The van der Waals surface area contributed by atoms with E-state index in [1.54, 1.807) is 61.4 Å². The van der Waals surface area contributed by atoms with Crippen molar-refractivity contribution >= 4 is 168 Å². The number of nitrogens with zero attached hydrogens (tertiary/aromatic N) is 6. The number of hydrogen-bond donors (Lipinski definition) is 0. The first-order chi connectivity index (χ1) is 61.8. The Hall–Kier alpha value is -7.50. The summed E-state index contributed by atoms with van der Waals surface area (Å²) in [6.07, 6.45) is 19.3. The lowest BCUT2D eigenvalue weighted by Crippen LogP contribution is -2.62. The number of anilines is 5. The van der Waals surface area contributed by atoms with Gasteiger partial charge < -0.3 is 29.1 Å². The fourth-order valence-corrected chi connectivity index (χ4v) is 40.6. The standard InChI is InChI=1S/C25H27NS2.C23H26N2.2C23H27NS2.C21H23NS2/c1-14-5-3-4-6-20(14)26-15(2)23-22(24-21(28-23)7-8-27-24)25(26)18-10-16-9-17(12-18)13-19(25)11-16;1-16-10-4-6-12-19(16)25-17(2)22-21(23(25)14-8-9-15-23)18-11-5-7-13-20(18)24(22)3;2*1-13-9-8-10-15-18(13)24-14(2)19-17(20-16(26-19)11-12-25-20)23(24,7)22(5,6)21(15,3)4;1-14-8-4-5-9-16(14)22-15(2)19-18(20-17(24-19)10-13-23-20)21(22)11-6-3-7-12-21/h3-8,15-19H,9-13H2,1-2H3;4-7,10-13,17H,8-9,14-15H2,1-3H3;2*8-12,14H,1-7H3;4-5,8-10,13,15H,3,6-7,11-12H2,1-2H3. The smallest absolute Gasteiger partial charge is 0.0742 e. The molecule has 0 N–H and O–H groups in total. The minimum atomic E-state index is -0.00648. The molecule has 14 heteroatoms. The molecule has 16 heterocycles. The molecule has 15 aromatic rings. The van der Waals surface area contributed by atoms with Crippen LogP contribution in [0, 0.1) is 69.1 Å². The number of fused-ring (bicyclic) bond motifs is 25. The molecule has 6 fully saturated rings. The molecule has 6 saturated carbocycles. The van der Waals surface area contributed by atoms with Crippen LogP contribution < -0.4 is 24.5 Å². The molecule has 7 unspecified atom stereocenters. The summed E-state index contributed by atoms with van der Waals surface area (Å²) in [6.45, 7) is 48.4. The van der Waals surface area contributed by atoms with Gasteiger partial charge in [0.15, 0.2) is 0 Å². The topological polar surface area (TPSA) is 21.1 Å². The summed E-state index contributed by atoms with van der Waals surface area (Å²) in [5, 5.41) is 10.6. The van der Waals surface area contributed by atoms with Gasteiger partial charge in [0.2, 0.25) is 0 Å². The highest BCUT2D eigenvalue weighted by Gasteiger charge is 2.69. The minimum absolute atomic E-state index is 0.00648. The van der Waals surface area contributed by atoms with E-state index in [1.807, 2.05) is 79.4 Å². The third kappa shape index (κ3) is 11.3. The molecule has 0 radical (unpaired) electrons. The van der Waals surface area contributed by atoms with Crippen LogP contribution in [-0.4, -0.2) is 4.57 Å². The summed E-state index contributed by atoms with van der Waals surface area (Å²) in [7, 11) is 2.25. The van der Waals surface area contributed by atoms with Gasteiger partial charge in [-0.25, -0.2) is 0 Å². The summed E-state index contributed by atoms with van der Waals surface area (Å²) in [5.74, 6) is 3.69. The fourth-order valence-electron chi connectivity index (χ4n) is 30.2. The molecule has 28 rings (SSSR count). The Bertz CT molecular complexity index is 6770. The Labute approximate surface area is 799 Å². The lowest BCUT2D eigenvalue weighted by Gasteiger charge is -2.64. The zero-order valence-electron chi connectivity index (χ0n) is 79.9. The minimum Gasteiger partial charge on any atom is -0.354 e. The van der Waals surface area contributed by atoms with Crippen LogP contribution in [0.2, 0.25) is 0 Å². The first-order valence-electron chi connectivity index (χ1n) is 48.8. The van der Waals surface area contributed by atoms with E-state index in [2.05, 4.69) is 365 Å². The second-order valence-corrected chi connectivity index (χ2v) is 51.8. The van der Waals surface area contributed by atoms with Gasteiger partial charge in [-0.2, -0.15) is 0 Å². The van der Waals surface area contributed by atoms with Crippen LogP contribution in [-0.2, 0) is 45.6 Å². The third-order valence-electron chi connectivity index (χ3n) is 37.4. The lowest BCUT2D eigenvalue weighted by molar-refractivity contribution is -0.0595. The molecule has 129 heavy (non-hydrogen) atoms. The van der Waals surface area contributed by atoms with Gasteiger partial charge in [-0.15, -0.1) is 90.7 Å². The number of rotatable bonds is 3. The Morgan fingerprint density at radius 3 is 1.10 bits per heavy atom. The monoisotopic (exact) mass is 1850 g/mol. The van der Waals surface area contributed by atoms with E-state index in [4.69, 9.17) is 0 Å². The summed E-state index contributed by atoms with van der Waals surface area (Å²) in [4.78, 5) is 20.5. The number of aromatic nitrogens is 1. The van der Waals surface area contributed by atoms with Crippen molar-refractivity contribution in [1.29, 1.82) is 0 Å². The highest BCUT2D eigenvalue weighted by molar-refractivity contribution is 7.29. The second kappa shape index (κ2) is 30.0. The van der Waals surface area contributed by atoms with E-state index < -0.39 is 0 Å². The van der Waals surface area contributed by atoms with Crippen molar-refractivity contribution in [2.45, 2.75) is 297 Å². The maximum atomic E-state index is 2.94. The SMILES string of the molecule is Cc1cccc2c1N1C(C)c3sc4ccsc4c3C1(C)C(C)(C)C2(C)C.Cc1cccc2c1N1C(C)c3sc4ccsc4c3C1(C)C(C)(C)C2(C)C.Cc1ccccc1N1C(C)c2c(c3ccccc3n2C)C12CCCC2.Cc1ccccc1N1C(C)c2sc3ccsc3c2C12C1CC3CC(C1)CC2C3.Cc1ccccc1N1C(C)c2sc3ccsc3c2C12CCCCC2. The Morgan fingerprint density at radius 1 is 0.318 bits per heavy atom. The quantitative estimate of drug-likeness (QED) is 0.175. The van der Waals surface area contributed by atoms with Gasteiger partial charge in [-0.05, 0) is 284 Å². The highest BCUT2D eigenvalue weighted by Crippen LogP contribution is 2.75. The van der Waals surface area contributed by atoms with Crippen LogP contribution in [0.25, 0.3) is 48.5 Å². The molecule has 0 saturated heterocycles. The number of aryl methyl sites for hydroxylation is 6. The molecule has 6 aromatic carbocycles. The lowest BCUT2D eigenvalue weighted by atomic mass is 9.47. The normalized spacial score (nSPS) is 27.9. The molecule has 13 aliphatic rings. The van der Waals surface area contributed by atoms with Crippen molar-refractivity contribution in [2.24, 2.45) is 41.5 Å². The van der Waals surface area contributed by atoms with Gasteiger partial charge in [0, 0.05) is 129 Å². The molecule has 7 aliphatic heterocycles. The van der Waals surface area contributed by atoms with Crippen molar-refractivity contribution in [3.63, 3.8) is 0 Å². The van der Waals surface area contributed by atoms with Crippen molar-refractivity contribution < 1.29 is 0 Å². The maximum Gasteiger partial charge on any atom is 0.0742 e. The van der Waals surface area contributed by atoms with Gasteiger partial charge in [-0.3, -0.25) is 0 Å². The van der Waals surface area contributed by atoms with Crippen LogP contribution in [0.15, 0.2) is 179 Å². The molecule has 0 amide bonds. The van der Waals surface area contributed by atoms with Gasteiger partial charge >= 0.3 is 0 Å². The fraction of sp³-hybridized carbons (Fsp3) is 0.461. The number of thiophene rings is 8. The molecular formula is C115H130N6S8. The maximum absolute atomic E-state index is 2.94. The van der Waals surface area contributed by atoms with Crippen LogP contribution >= 0.6 is 90.7 Å². The molecule has 6 nitrogen and oxygen atoms in total. The summed E-state index contributed by atoms with van der Waals surface area (Å²) in [5.41, 5.74) is 29.5. The largest absolute Gasteiger partial charge is 0.354 e. The van der Waals surface area contributed by atoms with E-state index in [-0.39, 0.29) is 49.4 Å². The Balaban J connectivity index is 0.0000000922. The van der Waals surface area contributed by atoms with Gasteiger partial charge in [0.1, 0.15) is 0 Å².